The van der Waals surface area contributed by atoms with Gasteiger partial charge in [0, 0.05) is 18.5 Å². The van der Waals surface area contributed by atoms with Crippen molar-refractivity contribution in [2.75, 3.05) is 13.2 Å². The average Bonchev–Trinajstić information content (AvgIpc) is 2.56. The van der Waals surface area contributed by atoms with Gasteiger partial charge in [-0.3, -0.25) is 4.79 Å². The smallest absolute Gasteiger partial charge is 0.222 e. The van der Waals surface area contributed by atoms with Gasteiger partial charge in [-0.2, -0.15) is 0 Å². The Balaban J connectivity index is 2.03. The minimum absolute atomic E-state index is 0.0780. The molecule has 0 saturated carbocycles. The quantitative estimate of drug-likeness (QED) is 0.715. The maximum absolute atomic E-state index is 11.3. The number of rotatable bonds is 5. The first-order valence-electron chi connectivity index (χ1n) is 5.21. The number of carbonyl (C=O) groups is 1. The predicted octanol–water partition coefficient (Wildman–Crippen LogP) is 1.69. The largest absolute Gasteiger partial charge is 0.378 e. The number of hydrogen-bond donors (Lipinski definition) is 1. The van der Waals surface area contributed by atoms with Gasteiger partial charge >= 0.3 is 0 Å². The molecule has 1 aliphatic rings. The third-order valence-electron chi connectivity index (χ3n) is 2.30. The Morgan fingerprint density at radius 3 is 3.07 bits per heavy atom. The Kier molecular flexibility index (Phi) is 5.26. The van der Waals surface area contributed by atoms with Crippen molar-refractivity contribution >= 4 is 17.5 Å². The lowest BCUT2D eigenvalue weighted by molar-refractivity contribution is -0.123. The maximum Gasteiger partial charge on any atom is 0.222 e. The van der Waals surface area contributed by atoms with Gasteiger partial charge in [0.1, 0.15) is 0 Å². The fourth-order valence-corrected chi connectivity index (χ4v) is 1.60. The molecule has 1 N–H and O–H groups in total. The van der Waals surface area contributed by atoms with Crippen molar-refractivity contribution in [2.45, 2.75) is 44.1 Å². The van der Waals surface area contributed by atoms with Gasteiger partial charge in [0.05, 0.1) is 12.5 Å². The molecule has 1 saturated heterocycles. The highest BCUT2D eigenvalue weighted by Crippen LogP contribution is 2.14. The van der Waals surface area contributed by atoms with E-state index in [0.29, 0.717) is 13.0 Å². The zero-order valence-electron chi connectivity index (χ0n) is 8.59. The summed E-state index contributed by atoms with van der Waals surface area (Å²) in [6.45, 7) is 3.39. The van der Waals surface area contributed by atoms with E-state index < -0.39 is 0 Å². The fraction of sp³-hybridized carbons (Fsp3) is 0.900. The topological polar surface area (TPSA) is 38.3 Å². The molecule has 0 radical (unpaired) electrons. The highest BCUT2D eigenvalue weighted by molar-refractivity contribution is 6.20. The molecule has 4 heteroatoms. The number of nitrogens with one attached hydrogen (secondary N) is 1. The van der Waals surface area contributed by atoms with E-state index >= 15 is 0 Å². The van der Waals surface area contributed by atoms with Crippen LogP contribution in [0.15, 0.2) is 0 Å². The van der Waals surface area contributed by atoms with Crippen molar-refractivity contribution in [3.8, 4) is 0 Å². The third-order valence-corrected chi connectivity index (χ3v) is 2.52. The van der Waals surface area contributed by atoms with Crippen molar-refractivity contribution in [3.63, 3.8) is 0 Å². The Labute approximate surface area is 90.1 Å². The second kappa shape index (κ2) is 6.25. The minimum Gasteiger partial charge on any atom is -0.378 e. The van der Waals surface area contributed by atoms with E-state index in [1.807, 2.05) is 6.92 Å². The average molecular weight is 220 g/mol. The van der Waals surface area contributed by atoms with Crippen LogP contribution in [0.2, 0.25) is 0 Å². The Morgan fingerprint density at radius 2 is 2.50 bits per heavy atom. The van der Waals surface area contributed by atoms with Crippen LogP contribution in [-0.2, 0) is 9.53 Å². The van der Waals surface area contributed by atoms with Crippen molar-refractivity contribution < 1.29 is 9.53 Å². The number of amides is 1. The summed E-state index contributed by atoms with van der Waals surface area (Å²) in [5, 5.41) is 2.96. The van der Waals surface area contributed by atoms with Crippen LogP contribution in [0, 0.1) is 0 Å². The molecule has 14 heavy (non-hydrogen) atoms. The molecule has 0 aromatic carbocycles. The van der Waals surface area contributed by atoms with Gasteiger partial charge in [-0.25, -0.2) is 0 Å². The van der Waals surface area contributed by atoms with Crippen molar-refractivity contribution in [1.82, 2.24) is 5.32 Å². The molecular weight excluding hydrogens is 202 g/mol. The van der Waals surface area contributed by atoms with E-state index in [1.54, 1.807) is 0 Å². The highest BCUT2D eigenvalue weighted by Gasteiger charge is 2.18. The molecule has 0 aromatic heterocycles. The Morgan fingerprint density at radius 1 is 1.71 bits per heavy atom. The predicted molar refractivity (Wildman–Crippen MR) is 56.5 cm³/mol. The molecule has 0 aliphatic carbocycles. The van der Waals surface area contributed by atoms with Crippen LogP contribution in [0.1, 0.15) is 32.6 Å². The first kappa shape index (κ1) is 11.8. The Bertz CT molecular complexity index is 179. The van der Waals surface area contributed by atoms with Crippen LogP contribution in [0.3, 0.4) is 0 Å². The summed E-state index contributed by atoms with van der Waals surface area (Å²) >= 11 is 5.76. The molecular formula is C10H18ClNO2. The molecule has 0 aromatic rings. The fourth-order valence-electron chi connectivity index (χ4n) is 1.49. The molecule has 3 nitrogen and oxygen atoms in total. The zero-order chi connectivity index (χ0) is 10.4. The van der Waals surface area contributed by atoms with E-state index in [0.717, 1.165) is 25.9 Å². The zero-order valence-corrected chi connectivity index (χ0v) is 9.35. The SMILES string of the molecule is CC(Cl)CCNC(=O)CC1CCCO1. The van der Waals surface area contributed by atoms with E-state index in [2.05, 4.69) is 5.32 Å². The second-order valence-electron chi connectivity index (χ2n) is 3.76. The van der Waals surface area contributed by atoms with E-state index in [-0.39, 0.29) is 17.4 Å². The van der Waals surface area contributed by atoms with E-state index in [4.69, 9.17) is 16.3 Å². The number of halogens is 1. The van der Waals surface area contributed by atoms with Crippen molar-refractivity contribution in [2.24, 2.45) is 0 Å². The summed E-state index contributed by atoms with van der Waals surface area (Å²) in [7, 11) is 0. The summed E-state index contributed by atoms with van der Waals surface area (Å²) in [5.41, 5.74) is 0. The van der Waals surface area contributed by atoms with Crippen LogP contribution in [-0.4, -0.2) is 30.5 Å². The summed E-state index contributed by atoms with van der Waals surface area (Å²) in [4.78, 5) is 11.3. The highest BCUT2D eigenvalue weighted by atomic mass is 35.5. The summed E-state index contributed by atoms with van der Waals surface area (Å²) in [6.07, 6.45) is 3.55. The first-order valence-corrected chi connectivity index (χ1v) is 5.64. The van der Waals surface area contributed by atoms with Gasteiger partial charge in [-0.05, 0) is 26.2 Å². The molecule has 82 valence electrons. The molecule has 1 amide bonds. The van der Waals surface area contributed by atoms with Gasteiger partial charge in [0.25, 0.3) is 0 Å². The van der Waals surface area contributed by atoms with Gasteiger partial charge in [0.15, 0.2) is 0 Å². The second-order valence-corrected chi connectivity index (χ2v) is 4.50. The first-order chi connectivity index (χ1) is 6.68. The minimum atomic E-state index is 0.0780. The van der Waals surface area contributed by atoms with E-state index in [1.165, 1.54) is 0 Å². The molecule has 1 aliphatic heterocycles. The van der Waals surface area contributed by atoms with Gasteiger partial charge < -0.3 is 10.1 Å². The van der Waals surface area contributed by atoms with Crippen LogP contribution in [0.25, 0.3) is 0 Å². The molecule has 2 atom stereocenters. The molecule has 1 fully saturated rings. The lowest BCUT2D eigenvalue weighted by atomic mass is 10.2. The van der Waals surface area contributed by atoms with Crippen LogP contribution < -0.4 is 5.32 Å². The van der Waals surface area contributed by atoms with Crippen molar-refractivity contribution in [3.05, 3.63) is 0 Å². The van der Waals surface area contributed by atoms with Crippen LogP contribution in [0.5, 0.6) is 0 Å². The summed E-state index contributed by atoms with van der Waals surface area (Å²) in [6, 6.07) is 0. The van der Waals surface area contributed by atoms with Crippen LogP contribution >= 0.6 is 11.6 Å². The van der Waals surface area contributed by atoms with Crippen LogP contribution in [0.4, 0.5) is 0 Å². The monoisotopic (exact) mass is 219 g/mol. The molecule has 1 heterocycles. The van der Waals surface area contributed by atoms with E-state index in [9.17, 15) is 4.79 Å². The van der Waals surface area contributed by atoms with Crippen molar-refractivity contribution in [1.29, 1.82) is 0 Å². The summed E-state index contributed by atoms with van der Waals surface area (Å²) < 4.78 is 5.36. The molecule has 0 bridgehead atoms. The number of alkyl halides is 1. The number of hydrogen-bond acceptors (Lipinski definition) is 2. The number of carbonyl (C=O) groups excluding carboxylic acids is 1. The van der Waals surface area contributed by atoms with Gasteiger partial charge in [-0.15, -0.1) is 11.6 Å². The molecule has 1 rings (SSSR count). The Hall–Kier alpha value is -0.280. The lowest BCUT2D eigenvalue weighted by Gasteiger charge is -2.10. The van der Waals surface area contributed by atoms with Gasteiger partial charge in [-0.1, -0.05) is 0 Å². The lowest BCUT2D eigenvalue weighted by Crippen LogP contribution is -2.28. The summed E-state index contributed by atoms with van der Waals surface area (Å²) in [5.74, 6) is 0.0780. The number of ether oxygens (including phenoxy) is 1. The molecule has 2 unspecified atom stereocenters. The van der Waals surface area contributed by atoms with Gasteiger partial charge in [0.2, 0.25) is 5.91 Å². The molecule has 0 spiro atoms. The standard InChI is InChI=1S/C10H18ClNO2/c1-8(11)4-5-12-10(13)7-9-3-2-6-14-9/h8-9H,2-7H2,1H3,(H,12,13). The third kappa shape index (κ3) is 4.82. The maximum atomic E-state index is 11.3. The normalized spacial score (nSPS) is 23.4.